The number of aromatic nitrogens is 2. The van der Waals surface area contributed by atoms with Crippen molar-refractivity contribution in [3.8, 4) is 22.6 Å². The molecule has 1 heterocycles. The van der Waals surface area contributed by atoms with E-state index in [1.165, 1.54) is 5.56 Å². The first kappa shape index (κ1) is 21.8. The van der Waals surface area contributed by atoms with Crippen LogP contribution in [0.4, 0.5) is 17.3 Å². The van der Waals surface area contributed by atoms with Crippen molar-refractivity contribution in [2.45, 2.75) is 6.92 Å². The van der Waals surface area contributed by atoms with Gasteiger partial charge in [0, 0.05) is 41.0 Å². The summed E-state index contributed by atoms with van der Waals surface area (Å²) >= 11 is 0. The molecule has 0 atom stereocenters. The summed E-state index contributed by atoms with van der Waals surface area (Å²) in [6, 6.07) is 20.5. The molecule has 0 aliphatic carbocycles. The van der Waals surface area contributed by atoms with Crippen molar-refractivity contribution in [1.29, 1.82) is 0 Å². The van der Waals surface area contributed by atoms with Crippen LogP contribution >= 0.6 is 0 Å². The zero-order chi connectivity index (χ0) is 23.2. The lowest BCUT2D eigenvalue weighted by Crippen LogP contribution is -2.12. The highest BCUT2D eigenvalue weighted by molar-refractivity contribution is 6.05. The maximum absolute atomic E-state index is 12.8. The number of aryl methyl sites for hydroxylation is 1. The number of hydrogen-bond donors (Lipinski definition) is 2. The molecule has 7 nitrogen and oxygen atoms in total. The van der Waals surface area contributed by atoms with Crippen LogP contribution in [0.2, 0.25) is 0 Å². The van der Waals surface area contributed by atoms with Gasteiger partial charge in [-0.05, 0) is 42.8 Å². The first-order valence-electron chi connectivity index (χ1n) is 10.4. The average Bonchev–Trinajstić information content (AvgIpc) is 2.85. The van der Waals surface area contributed by atoms with Crippen LogP contribution in [0, 0.1) is 6.92 Å². The molecule has 0 bridgehead atoms. The quantitative estimate of drug-likeness (QED) is 0.397. The number of ether oxygens (including phenoxy) is 2. The molecule has 0 unspecified atom stereocenters. The zero-order valence-corrected chi connectivity index (χ0v) is 18.6. The molecule has 166 valence electrons. The van der Waals surface area contributed by atoms with Crippen LogP contribution in [0.3, 0.4) is 0 Å². The van der Waals surface area contributed by atoms with Gasteiger partial charge in [-0.3, -0.25) is 4.79 Å². The number of anilines is 3. The van der Waals surface area contributed by atoms with E-state index in [2.05, 4.69) is 39.7 Å². The molecule has 0 spiro atoms. The normalized spacial score (nSPS) is 10.4. The molecule has 1 aromatic heterocycles. The zero-order valence-electron chi connectivity index (χ0n) is 18.6. The highest BCUT2D eigenvalue weighted by atomic mass is 16.5. The Balaban J connectivity index is 1.45. The van der Waals surface area contributed by atoms with Crippen molar-refractivity contribution in [1.82, 2.24) is 9.97 Å². The second kappa shape index (κ2) is 9.82. The molecule has 0 aliphatic rings. The summed E-state index contributed by atoms with van der Waals surface area (Å²) in [7, 11) is 3.11. The summed E-state index contributed by atoms with van der Waals surface area (Å²) in [5.74, 6) is 1.33. The average molecular weight is 441 g/mol. The maximum atomic E-state index is 12.8. The molecule has 0 fully saturated rings. The van der Waals surface area contributed by atoms with Crippen LogP contribution in [0.15, 0.2) is 79.1 Å². The number of amides is 1. The van der Waals surface area contributed by atoms with Crippen molar-refractivity contribution in [2.75, 3.05) is 24.9 Å². The van der Waals surface area contributed by atoms with Crippen molar-refractivity contribution >= 4 is 23.2 Å². The van der Waals surface area contributed by atoms with Gasteiger partial charge in [-0.15, -0.1) is 0 Å². The third-order valence-corrected chi connectivity index (χ3v) is 5.06. The van der Waals surface area contributed by atoms with Gasteiger partial charge >= 0.3 is 0 Å². The van der Waals surface area contributed by atoms with Gasteiger partial charge < -0.3 is 20.1 Å². The fourth-order valence-electron chi connectivity index (χ4n) is 3.27. The highest BCUT2D eigenvalue weighted by Gasteiger charge is 2.10. The van der Waals surface area contributed by atoms with E-state index in [4.69, 9.17) is 9.47 Å². The summed E-state index contributed by atoms with van der Waals surface area (Å²) in [4.78, 5) is 21.6. The molecule has 2 N–H and O–H groups in total. The lowest BCUT2D eigenvalue weighted by Gasteiger charge is -2.11. The monoisotopic (exact) mass is 440 g/mol. The van der Waals surface area contributed by atoms with E-state index in [9.17, 15) is 4.79 Å². The Hall–Kier alpha value is -4.39. The molecule has 4 aromatic rings. The Morgan fingerprint density at radius 3 is 2.21 bits per heavy atom. The van der Waals surface area contributed by atoms with Gasteiger partial charge in [-0.25, -0.2) is 9.97 Å². The molecule has 4 rings (SSSR count). The molecule has 0 radical (unpaired) electrons. The molecule has 1 amide bonds. The second-order valence-electron chi connectivity index (χ2n) is 7.39. The van der Waals surface area contributed by atoms with E-state index < -0.39 is 0 Å². The first-order valence-corrected chi connectivity index (χ1v) is 10.4. The lowest BCUT2D eigenvalue weighted by atomic mass is 10.1. The van der Waals surface area contributed by atoms with Gasteiger partial charge in [-0.2, -0.15) is 0 Å². The Morgan fingerprint density at radius 1 is 0.788 bits per heavy atom. The first-order chi connectivity index (χ1) is 16.1. The fourth-order valence-corrected chi connectivity index (χ4v) is 3.27. The summed E-state index contributed by atoms with van der Waals surface area (Å²) in [6.07, 6.45) is 3.54. The SMILES string of the molecule is COc1ccc(NC(=O)c2cccc(Nc3ncc(-c4ccc(C)cc4)cn3)c2)cc1OC. The number of benzene rings is 3. The van der Waals surface area contributed by atoms with Gasteiger partial charge in [0.05, 0.1) is 14.2 Å². The van der Waals surface area contributed by atoms with E-state index >= 15 is 0 Å². The number of nitrogens with zero attached hydrogens (tertiary/aromatic N) is 2. The van der Waals surface area contributed by atoms with Gasteiger partial charge in [0.25, 0.3) is 5.91 Å². The number of carbonyl (C=O) groups is 1. The minimum absolute atomic E-state index is 0.249. The standard InChI is InChI=1S/C26H24N4O3/c1-17-7-9-18(10-8-17)20-15-27-26(28-16-20)30-21-6-4-5-19(13-21)25(31)29-22-11-12-23(32-2)24(14-22)33-3/h4-16H,1-3H3,(H,29,31)(H,27,28,30). The van der Waals surface area contributed by atoms with E-state index in [1.54, 1.807) is 63.0 Å². The number of methoxy groups -OCH3 is 2. The molecule has 7 heteroatoms. The number of hydrogen-bond acceptors (Lipinski definition) is 6. The van der Waals surface area contributed by atoms with Crippen molar-refractivity contribution in [2.24, 2.45) is 0 Å². The Kier molecular flexibility index (Phi) is 6.50. The highest BCUT2D eigenvalue weighted by Crippen LogP contribution is 2.30. The molecule has 0 saturated heterocycles. The van der Waals surface area contributed by atoms with E-state index in [0.717, 1.165) is 11.1 Å². The van der Waals surface area contributed by atoms with Crippen LogP contribution in [-0.4, -0.2) is 30.1 Å². The maximum Gasteiger partial charge on any atom is 0.255 e. The van der Waals surface area contributed by atoms with Gasteiger partial charge in [0.1, 0.15) is 0 Å². The van der Waals surface area contributed by atoms with Crippen molar-refractivity contribution in [3.63, 3.8) is 0 Å². The van der Waals surface area contributed by atoms with Crippen LogP contribution in [0.1, 0.15) is 15.9 Å². The summed E-state index contributed by atoms with van der Waals surface area (Å²) in [6.45, 7) is 2.05. The predicted molar refractivity (Wildman–Crippen MR) is 129 cm³/mol. The summed E-state index contributed by atoms with van der Waals surface area (Å²) < 4.78 is 10.5. The summed E-state index contributed by atoms with van der Waals surface area (Å²) in [5, 5.41) is 6.02. The van der Waals surface area contributed by atoms with E-state index in [-0.39, 0.29) is 5.91 Å². The largest absolute Gasteiger partial charge is 0.493 e. The molecular weight excluding hydrogens is 416 g/mol. The molecule has 0 saturated carbocycles. The fraction of sp³-hybridized carbons (Fsp3) is 0.115. The molecular formula is C26H24N4O3. The topological polar surface area (TPSA) is 85.4 Å². The smallest absolute Gasteiger partial charge is 0.255 e. The van der Waals surface area contributed by atoms with Crippen LogP contribution < -0.4 is 20.1 Å². The number of rotatable bonds is 7. The third-order valence-electron chi connectivity index (χ3n) is 5.06. The number of nitrogens with one attached hydrogen (secondary N) is 2. The van der Waals surface area contributed by atoms with Gasteiger partial charge in [0.15, 0.2) is 11.5 Å². The van der Waals surface area contributed by atoms with Gasteiger partial charge in [0.2, 0.25) is 5.95 Å². The Labute approximate surface area is 192 Å². The number of carbonyl (C=O) groups excluding carboxylic acids is 1. The van der Waals surface area contributed by atoms with Crippen molar-refractivity contribution < 1.29 is 14.3 Å². The summed E-state index contributed by atoms with van der Waals surface area (Å²) in [5.41, 5.74) is 4.99. The Morgan fingerprint density at radius 2 is 1.52 bits per heavy atom. The minimum atomic E-state index is -0.249. The molecule has 3 aromatic carbocycles. The van der Waals surface area contributed by atoms with Crippen LogP contribution in [0.25, 0.3) is 11.1 Å². The molecule has 33 heavy (non-hydrogen) atoms. The third kappa shape index (κ3) is 5.27. The Bertz CT molecular complexity index is 1260. The predicted octanol–water partition coefficient (Wildman–Crippen LogP) is 5.47. The minimum Gasteiger partial charge on any atom is -0.493 e. The second-order valence-corrected chi connectivity index (χ2v) is 7.39. The van der Waals surface area contributed by atoms with Crippen molar-refractivity contribution in [3.05, 3.63) is 90.3 Å². The molecule has 0 aliphatic heterocycles. The van der Waals surface area contributed by atoms with E-state index in [0.29, 0.717) is 34.4 Å². The lowest BCUT2D eigenvalue weighted by molar-refractivity contribution is 0.102. The van der Waals surface area contributed by atoms with Crippen LogP contribution in [-0.2, 0) is 0 Å². The van der Waals surface area contributed by atoms with Gasteiger partial charge in [-0.1, -0.05) is 35.9 Å². The van der Waals surface area contributed by atoms with E-state index in [1.807, 2.05) is 18.2 Å². The van der Waals surface area contributed by atoms with Crippen LogP contribution in [0.5, 0.6) is 11.5 Å².